The number of rotatable bonds is 12. The Morgan fingerprint density at radius 3 is 2.02 bits per heavy atom. The molecule has 1 aromatic heterocycles. The van der Waals surface area contributed by atoms with E-state index in [1.807, 2.05) is 74.5 Å². The van der Waals surface area contributed by atoms with Gasteiger partial charge in [0.25, 0.3) is 18.3 Å². The fraction of sp³-hybridized carbons (Fsp3) is 0.234. The summed E-state index contributed by atoms with van der Waals surface area (Å²) in [7, 11) is -7.02. The van der Waals surface area contributed by atoms with Gasteiger partial charge in [-0.05, 0) is 64.1 Å². The van der Waals surface area contributed by atoms with Crippen molar-refractivity contribution < 1.29 is 22.4 Å². The van der Waals surface area contributed by atoms with Gasteiger partial charge in [0.15, 0.2) is 6.73 Å². The standard InChI is InChI=1S/C47H49N2O5SSi/c1-34(2)41(29-45(50)48-33-53-32-44(48)36-17-10-7-11-18-36)42-30-49(55(51,52)38-27-25-35(3)26-28-38)43-24-16-19-37(46(42)43)31-54-56(47(4,5)6,39-20-12-8-13-21-39)40-22-14-9-15-23-40/h7-28,30,33,41,44H,1,29,31-32H2,2-6H3/t41-,44-/m1/s1. The van der Waals surface area contributed by atoms with E-state index in [0.29, 0.717) is 17.7 Å². The predicted molar refractivity (Wildman–Crippen MR) is 227 cm³/mol. The van der Waals surface area contributed by atoms with Crippen LogP contribution in [0.3, 0.4) is 0 Å². The molecule has 2 atom stereocenters. The lowest BCUT2D eigenvalue weighted by atomic mass is 9.87. The largest absolute Gasteiger partial charge is 0.403 e. The Balaban J connectivity index is 1.37. The number of allylic oxidation sites excluding steroid dienone is 1. The van der Waals surface area contributed by atoms with E-state index in [9.17, 15) is 13.2 Å². The molecule has 0 bridgehead atoms. The van der Waals surface area contributed by atoms with E-state index in [1.54, 1.807) is 35.4 Å². The third-order valence-electron chi connectivity index (χ3n) is 10.9. The molecule has 0 spiro atoms. The first-order valence-electron chi connectivity index (χ1n) is 19.0. The van der Waals surface area contributed by atoms with Crippen molar-refractivity contribution in [2.45, 2.75) is 69.5 Å². The monoisotopic (exact) mass is 781 g/mol. The van der Waals surface area contributed by atoms with Crippen LogP contribution in [-0.4, -0.2) is 38.1 Å². The van der Waals surface area contributed by atoms with E-state index in [-0.39, 0.29) is 34.9 Å². The van der Waals surface area contributed by atoms with Crippen molar-refractivity contribution >= 4 is 45.5 Å². The Morgan fingerprint density at radius 1 is 0.857 bits per heavy atom. The quantitative estimate of drug-likeness (QED) is 0.0916. The lowest BCUT2D eigenvalue weighted by Gasteiger charge is -2.43. The Hall–Kier alpha value is -5.06. The molecule has 1 aliphatic rings. The van der Waals surface area contributed by atoms with E-state index in [0.717, 1.165) is 38.0 Å². The number of aromatic nitrogens is 1. The van der Waals surface area contributed by atoms with Gasteiger partial charge in [0, 0.05) is 23.9 Å². The number of aryl methyl sites for hydroxylation is 1. The summed E-state index contributed by atoms with van der Waals surface area (Å²) in [5.41, 5.74) is 4.73. The normalized spacial score (nSPS) is 15.6. The maximum absolute atomic E-state index is 14.5. The number of benzene rings is 5. The SMILES string of the molecule is C=C(C)[C@@H](CC(=O)N1[CH]OC[C@@H]1c1ccccc1)c1cn(S(=O)(=O)c2ccc(C)cc2)c2cccc(CO[Si](c3ccccc3)(c3ccccc3)C(C)(C)C)c12. The van der Waals surface area contributed by atoms with Gasteiger partial charge in [0.05, 0.1) is 29.7 Å². The van der Waals surface area contributed by atoms with E-state index in [1.165, 1.54) is 10.7 Å². The summed E-state index contributed by atoms with van der Waals surface area (Å²) in [6.07, 6.45) is 1.75. The molecule has 56 heavy (non-hydrogen) atoms. The van der Waals surface area contributed by atoms with Gasteiger partial charge < -0.3 is 14.1 Å². The molecule has 287 valence electrons. The zero-order valence-corrected chi connectivity index (χ0v) is 34.5. The van der Waals surface area contributed by atoms with Gasteiger partial charge >= 0.3 is 0 Å². The summed E-state index contributed by atoms with van der Waals surface area (Å²) < 4.78 is 43.6. The van der Waals surface area contributed by atoms with Gasteiger partial charge in [-0.15, -0.1) is 0 Å². The number of hydrogen-bond donors (Lipinski definition) is 0. The van der Waals surface area contributed by atoms with Crippen molar-refractivity contribution in [3.63, 3.8) is 0 Å². The first-order valence-corrected chi connectivity index (χ1v) is 22.3. The Labute approximate surface area is 332 Å². The zero-order valence-electron chi connectivity index (χ0n) is 32.7. The van der Waals surface area contributed by atoms with Crippen LogP contribution < -0.4 is 10.4 Å². The van der Waals surface area contributed by atoms with Gasteiger partial charge in [0.1, 0.15) is 0 Å². The number of nitrogens with zero attached hydrogens (tertiary/aromatic N) is 2. The summed E-state index contributed by atoms with van der Waals surface area (Å²) in [6.45, 7) is 17.0. The topological polar surface area (TPSA) is 77.8 Å². The highest BCUT2D eigenvalue weighted by Gasteiger charge is 2.50. The maximum atomic E-state index is 14.5. The molecule has 1 fully saturated rings. The lowest BCUT2D eigenvalue weighted by Crippen LogP contribution is -2.66. The van der Waals surface area contributed by atoms with Crippen molar-refractivity contribution in [1.82, 2.24) is 8.87 Å². The molecule has 1 amide bonds. The Bertz CT molecular complexity index is 2400. The highest BCUT2D eigenvalue weighted by Crippen LogP contribution is 2.42. The van der Waals surface area contributed by atoms with Crippen molar-refractivity contribution in [2.24, 2.45) is 0 Å². The molecule has 0 unspecified atom stereocenters. The average molecular weight is 782 g/mol. The van der Waals surface area contributed by atoms with Gasteiger partial charge in [-0.25, -0.2) is 12.4 Å². The fourth-order valence-electron chi connectivity index (χ4n) is 8.08. The molecule has 0 aliphatic carbocycles. The molecule has 6 aromatic rings. The second-order valence-corrected chi connectivity index (χ2v) is 21.9. The molecule has 5 aromatic carbocycles. The number of fused-ring (bicyclic) bond motifs is 1. The van der Waals surface area contributed by atoms with Gasteiger partial charge in [-0.1, -0.05) is 154 Å². The lowest BCUT2D eigenvalue weighted by molar-refractivity contribution is -0.131. The number of hydrogen-bond acceptors (Lipinski definition) is 5. The van der Waals surface area contributed by atoms with Crippen LogP contribution in [0.15, 0.2) is 157 Å². The number of amides is 1. The second kappa shape index (κ2) is 15.8. The molecule has 9 heteroatoms. The van der Waals surface area contributed by atoms with Crippen molar-refractivity contribution in [3.05, 3.63) is 181 Å². The zero-order chi connectivity index (χ0) is 39.7. The van der Waals surface area contributed by atoms with Crippen molar-refractivity contribution in [2.75, 3.05) is 6.61 Å². The maximum Gasteiger partial charge on any atom is 0.268 e. The molecule has 7 nitrogen and oxygen atoms in total. The molecule has 1 aliphatic heterocycles. The molecular formula is C47H49N2O5SSi. The summed E-state index contributed by atoms with van der Waals surface area (Å²) in [4.78, 5) is 16.1. The number of ether oxygens (including phenoxy) is 1. The van der Waals surface area contributed by atoms with Crippen LogP contribution in [-0.2, 0) is 30.6 Å². The fourth-order valence-corrected chi connectivity index (χ4v) is 14.0. The molecule has 0 saturated carbocycles. The molecular weight excluding hydrogens is 733 g/mol. The molecule has 7 rings (SSSR count). The van der Waals surface area contributed by atoms with Crippen LogP contribution in [0, 0.1) is 13.7 Å². The average Bonchev–Trinajstić information content (AvgIpc) is 3.85. The highest BCUT2D eigenvalue weighted by atomic mass is 32.2. The minimum atomic E-state index is -4.05. The predicted octanol–water partition coefficient (Wildman–Crippen LogP) is 9.03. The van der Waals surface area contributed by atoms with Crippen LogP contribution in [0.1, 0.15) is 68.3 Å². The minimum Gasteiger partial charge on any atom is -0.403 e. The first-order chi connectivity index (χ1) is 26.8. The Morgan fingerprint density at radius 2 is 1.45 bits per heavy atom. The summed E-state index contributed by atoms with van der Waals surface area (Å²) >= 11 is 0. The summed E-state index contributed by atoms with van der Waals surface area (Å²) in [5, 5.41) is 2.76. The third-order valence-corrected chi connectivity index (χ3v) is 17.6. The molecule has 1 saturated heterocycles. The summed E-state index contributed by atoms with van der Waals surface area (Å²) in [5.74, 6) is -0.661. The molecule has 0 N–H and O–H groups in total. The summed E-state index contributed by atoms with van der Waals surface area (Å²) in [6, 6.07) is 43.1. The van der Waals surface area contributed by atoms with E-state index >= 15 is 0 Å². The highest BCUT2D eigenvalue weighted by molar-refractivity contribution is 7.90. The van der Waals surface area contributed by atoms with Crippen LogP contribution in [0.4, 0.5) is 0 Å². The van der Waals surface area contributed by atoms with Crippen LogP contribution in [0.2, 0.25) is 5.04 Å². The van der Waals surface area contributed by atoms with Gasteiger partial charge in [0.2, 0.25) is 5.91 Å². The van der Waals surface area contributed by atoms with Crippen molar-refractivity contribution in [1.29, 1.82) is 0 Å². The Kier molecular flexibility index (Phi) is 11.1. The smallest absolute Gasteiger partial charge is 0.268 e. The minimum absolute atomic E-state index is 0.0616. The van der Waals surface area contributed by atoms with Crippen LogP contribution >= 0.6 is 0 Å². The first kappa shape index (κ1) is 39.2. The van der Waals surface area contributed by atoms with E-state index in [4.69, 9.17) is 9.16 Å². The van der Waals surface area contributed by atoms with Gasteiger partial charge in [-0.3, -0.25) is 4.79 Å². The molecule has 1 radical (unpaired) electrons. The van der Waals surface area contributed by atoms with Crippen molar-refractivity contribution in [3.8, 4) is 0 Å². The third kappa shape index (κ3) is 7.32. The number of carbonyl (C=O) groups excluding carboxylic acids is 1. The van der Waals surface area contributed by atoms with Crippen LogP contribution in [0.5, 0.6) is 0 Å². The second-order valence-electron chi connectivity index (χ2n) is 15.7. The van der Waals surface area contributed by atoms with Gasteiger partial charge in [-0.2, -0.15) is 0 Å². The van der Waals surface area contributed by atoms with E-state index in [2.05, 4.69) is 75.9 Å². The number of carbonyl (C=O) groups is 1. The molecule has 2 heterocycles. The van der Waals surface area contributed by atoms with Crippen LogP contribution in [0.25, 0.3) is 10.9 Å². The van der Waals surface area contributed by atoms with E-state index < -0.39 is 24.3 Å².